The first kappa shape index (κ1) is 10.3. The van der Waals surface area contributed by atoms with Crippen LogP contribution in [0.2, 0.25) is 0 Å². The Morgan fingerprint density at radius 1 is 1.36 bits per heavy atom. The van der Waals surface area contributed by atoms with Gasteiger partial charge in [0.25, 0.3) is 6.43 Å². The summed E-state index contributed by atoms with van der Waals surface area (Å²) in [5.41, 5.74) is 1.21. The molecule has 1 heterocycles. The second-order valence-corrected chi connectivity index (χ2v) is 5.92. The van der Waals surface area contributed by atoms with Crippen LogP contribution in [0.15, 0.2) is 18.2 Å². The lowest BCUT2D eigenvalue weighted by molar-refractivity contribution is 0.151. The third-order valence-corrected chi connectivity index (χ3v) is 4.68. The Kier molecular flexibility index (Phi) is 2.74. The normalized spacial score (nSPS) is 11.5. The third-order valence-electron chi connectivity index (χ3n) is 2.15. The van der Waals surface area contributed by atoms with Gasteiger partial charge in [-0.25, -0.2) is 8.78 Å². The first-order valence-electron chi connectivity index (χ1n) is 4.06. The molecule has 0 radical (unpaired) electrons. The van der Waals surface area contributed by atoms with Crippen molar-refractivity contribution < 1.29 is 8.78 Å². The lowest BCUT2D eigenvalue weighted by Crippen LogP contribution is -1.82. The van der Waals surface area contributed by atoms with Crippen LogP contribution in [0.3, 0.4) is 0 Å². The van der Waals surface area contributed by atoms with E-state index in [1.165, 1.54) is 8.95 Å². The molecule has 0 aliphatic carbocycles. The molecule has 0 aliphatic heterocycles. The predicted octanol–water partition coefficient (Wildman–Crippen LogP) is 4.75. The number of aryl methyl sites for hydroxylation is 1. The van der Waals surface area contributed by atoms with Crippen LogP contribution < -0.4 is 0 Å². The van der Waals surface area contributed by atoms with Crippen LogP contribution in [-0.4, -0.2) is 0 Å². The molecule has 0 spiro atoms. The van der Waals surface area contributed by atoms with E-state index >= 15 is 0 Å². The fourth-order valence-corrected chi connectivity index (χ4v) is 3.26. The van der Waals surface area contributed by atoms with Gasteiger partial charge in [0.05, 0.1) is 2.88 Å². The predicted molar refractivity (Wildman–Crippen MR) is 64.2 cm³/mol. The van der Waals surface area contributed by atoms with E-state index in [4.69, 9.17) is 0 Å². The van der Waals surface area contributed by atoms with Gasteiger partial charge in [0.2, 0.25) is 0 Å². The largest absolute Gasteiger partial charge is 0.263 e. The van der Waals surface area contributed by atoms with Gasteiger partial charge in [0.1, 0.15) is 0 Å². The standard InChI is InChI=1S/C10H7F2IS/c1-5-7-4-6(9(11)12)2-3-8(7)14-10(5)13/h2-4,9H,1H3. The van der Waals surface area contributed by atoms with E-state index in [9.17, 15) is 8.78 Å². The summed E-state index contributed by atoms with van der Waals surface area (Å²) in [4.78, 5) is 0. The summed E-state index contributed by atoms with van der Waals surface area (Å²) in [6, 6.07) is 4.86. The van der Waals surface area contributed by atoms with Crippen molar-refractivity contribution in [3.63, 3.8) is 0 Å². The minimum Gasteiger partial charge on any atom is -0.205 e. The van der Waals surface area contributed by atoms with Crippen molar-refractivity contribution >= 4 is 44.0 Å². The molecule has 14 heavy (non-hydrogen) atoms. The van der Waals surface area contributed by atoms with Gasteiger partial charge >= 0.3 is 0 Å². The molecule has 0 fully saturated rings. The van der Waals surface area contributed by atoms with Crippen molar-refractivity contribution in [2.24, 2.45) is 0 Å². The molecule has 1 aromatic heterocycles. The van der Waals surface area contributed by atoms with Crippen molar-refractivity contribution in [1.82, 2.24) is 0 Å². The van der Waals surface area contributed by atoms with E-state index in [1.54, 1.807) is 23.5 Å². The smallest absolute Gasteiger partial charge is 0.205 e. The number of hydrogen-bond donors (Lipinski definition) is 0. The van der Waals surface area contributed by atoms with Crippen LogP contribution in [0.4, 0.5) is 8.78 Å². The maximum atomic E-state index is 12.4. The van der Waals surface area contributed by atoms with Crippen molar-refractivity contribution in [2.45, 2.75) is 13.3 Å². The fourth-order valence-electron chi connectivity index (χ4n) is 1.34. The fraction of sp³-hybridized carbons (Fsp3) is 0.200. The highest BCUT2D eigenvalue weighted by Crippen LogP contribution is 2.34. The maximum Gasteiger partial charge on any atom is 0.263 e. The Bertz CT molecular complexity index is 476. The van der Waals surface area contributed by atoms with Crippen molar-refractivity contribution in [1.29, 1.82) is 0 Å². The zero-order chi connectivity index (χ0) is 10.3. The molecule has 74 valence electrons. The van der Waals surface area contributed by atoms with Crippen LogP contribution in [0.1, 0.15) is 17.6 Å². The van der Waals surface area contributed by atoms with Gasteiger partial charge in [-0.2, -0.15) is 0 Å². The van der Waals surface area contributed by atoms with Crippen LogP contribution in [0.25, 0.3) is 10.1 Å². The molecule has 0 aliphatic rings. The number of fused-ring (bicyclic) bond motifs is 1. The minimum absolute atomic E-state index is 0.106. The molecule has 0 nitrogen and oxygen atoms in total. The highest BCUT2D eigenvalue weighted by molar-refractivity contribution is 14.1. The molecule has 0 atom stereocenters. The first-order valence-corrected chi connectivity index (χ1v) is 5.96. The summed E-state index contributed by atoms with van der Waals surface area (Å²) in [6.45, 7) is 1.97. The summed E-state index contributed by atoms with van der Waals surface area (Å²) in [5.74, 6) is 0. The summed E-state index contributed by atoms with van der Waals surface area (Å²) in [6.07, 6.45) is -2.38. The van der Waals surface area contributed by atoms with Gasteiger partial charge in [0, 0.05) is 10.3 Å². The maximum absolute atomic E-state index is 12.4. The van der Waals surface area contributed by atoms with E-state index in [0.29, 0.717) is 0 Å². The van der Waals surface area contributed by atoms with Gasteiger partial charge in [-0.3, -0.25) is 0 Å². The molecule has 0 amide bonds. The Labute approximate surface area is 98.1 Å². The van der Waals surface area contributed by atoms with Gasteiger partial charge in [-0.1, -0.05) is 6.07 Å². The second kappa shape index (κ2) is 3.73. The van der Waals surface area contributed by atoms with E-state index in [2.05, 4.69) is 22.6 Å². The molecular formula is C10H7F2IS. The van der Waals surface area contributed by atoms with Gasteiger partial charge in [0.15, 0.2) is 0 Å². The topological polar surface area (TPSA) is 0 Å². The molecule has 0 N–H and O–H groups in total. The first-order chi connectivity index (χ1) is 6.59. The number of benzene rings is 1. The summed E-state index contributed by atoms with van der Waals surface area (Å²) < 4.78 is 27.1. The number of halogens is 3. The average Bonchev–Trinajstić information content (AvgIpc) is 2.43. The molecule has 4 heteroatoms. The van der Waals surface area contributed by atoms with Crippen molar-refractivity contribution in [3.8, 4) is 0 Å². The number of hydrogen-bond acceptors (Lipinski definition) is 1. The van der Waals surface area contributed by atoms with Crippen molar-refractivity contribution in [3.05, 3.63) is 32.2 Å². The quantitative estimate of drug-likeness (QED) is 0.664. The summed E-state index contributed by atoms with van der Waals surface area (Å²) >= 11 is 3.88. The second-order valence-electron chi connectivity index (χ2n) is 3.06. The van der Waals surface area contributed by atoms with Crippen LogP contribution in [-0.2, 0) is 0 Å². The molecule has 2 aromatic rings. The highest BCUT2D eigenvalue weighted by atomic mass is 127. The number of alkyl halides is 2. The Balaban J connectivity index is 2.69. The van der Waals surface area contributed by atoms with Crippen LogP contribution in [0.5, 0.6) is 0 Å². The molecule has 0 unspecified atom stereocenters. The summed E-state index contributed by atoms with van der Waals surface area (Å²) in [7, 11) is 0. The lowest BCUT2D eigenvalue weighted by atomic mass is 10.1. The molecular weight excluding hydrogens is 317 g/mol. The van der Waals surface area contributed by atoms with E-state index in [1.807, 2.05) is 6.92 Å². The molecule has 0 bridgehead atoms. The van der Waals surface area contributed by atoms with Gasteiger partial charge in [-0.05, 0) is 52.6 Å². The monoisotopic (exact) mass is 324 g/mol. The average molecular weight is 324 g/mol. The Hall–Kier alpha value is -0.230. The van der Waals surface area contributed by atoms with E-state index < -0.39 is 6.43 Å². The Morgan fingerprint density at radius 3 is 2.71 bits per heavy atom. The molecule has 0 saturated carbocycles. The van der Waals surface area contributed by atoms with E-state index in [-0.39, 0.29) is 5.56 Å². The SMILES string of the molecule is Cc1c(I)sc2ccc(C(F)F)cc12. The minimum atomic E-state index is -2.38. The van der Waals surface area contributed by atoms with Crippen molar-refractivity contribution in [2.75, 3.05) is 0 Å². The number of rotatable bonds is 1. The van der Waals surface area contributed by atoms with Gasteiger partial charge < -0.3 is 0 Å². The number of thiophene rings is 1. The Morgan fingerprint density at radius 2 is 2.07 bits per heavy atom. The zero-order valence-corrected chi connectivity index (χ0v) is 10.3. The van der Waals surface area contributed by atoms with Gasteiger partial charge in [-0.15, -0.1) is 11.3 Å². The third kappa shape index (κ3) is 1.65. The summed E-state index contributed by atoms with van der Waals surface area (Å²) in [5, 5.41) is 0.956. The molecule has 1 aromatic carbocycles. The van der Waals surface area contributed by atoms with Crippen LogP contribution >= 0.6 is 33.9 Å². The van der Waals surface area contributed by atoms with Crippen LogP contribution in [0, 0.1) is 9.81 Å². The lowest BCUT2D eigenvalue weighted by Gasteiger charge is -1.99. The van der Waals surface area contributed by atoms with E-state index in [0.717, 1.165) is 15.6 Å². The highest BCUT2D eigenvalue weighted by Gasteiger charge is 2.11. The molecule has 2 rings (SSSR count). The zero-order valence-electron chi connectivity index (χ0n) is 7.35. The molecule has 0 saturated heterocycles.